The lowest BCUT2D eigenvalue weighted by molar-refractivity contribution is -0.122. The number of anilines is 1. The summed E-state index contributed by atoms with van der Waals surface area (Å²) in [7, 11) is 0. The maximum Gasteiger partial charge on any atom is 0.240 e. The fourth-order valence-corrected chi connectivity index (χ4v) is 2.65. The molecule has 1 unspecified atom stereocenters. The van der Waals surface area contributed by atoms with Crippen molar-refractivity contribution in [1.82, 2.24) is 5.32 Å². The van der Waals surface area contributed by atoms with Crippen LogP contribution in [0.1, 0.15) is 27.2 Å². The summed E-state index contributed by atoms with van der Waals surface area (Å²) in [6, 6.07) is 9.16. The summed E-state index contributed by atoms with van der Waals surface area (Å²) >= 11 is 1.23. The Morgan fingerprint density at radius 3 is 2.70 bits per heavy atom. The number of hydrogen-bond acceptors (Lipinski definition) is 5. The molecule has 0 aliphatic carbocycles. The van der Waals surface area contributed by atoms with E-state index in [-0.39, 0.29) is 18.2 Å². The van der Waals surface area contributed by atoms with Crippen molar-refractivity contribution < 1.29 is 9.59 Å². The Labute approximate surface area is 139 Å². The highest BCUT2D eigenvalue weighted by Crippen LogP contribution is 2.23. The molecule has 1 heterocycles. The first-order chi connectivity index (χ1) is 11.0. The first kappa shape index (κ1) is 17.2. The zero-order valence-electron chi connectivity index (χ0n) is 13.4. The van der Waals surface area contributed by atoms with Gasteiger partial charge in [-0.3, -0.25) is 9.59 Å². The SMILES string of the molecule is CC(=N/N=C1\NC(=O)C(CC(=O)Nc2ccccc2)S1)C(C)C. The number of thioether (sulfide) groups is 1. The highest BCUT2D eigenvalue weighted by molar-refractivity contribution is 8.15. The Morgan fingerprint density at radius 1 is 1.35 bits per heavy atom. The summed E-state index contributed by atoms with van der Waals surface area (Å²) in [6.45, 7) is 5.94. The highest BCUT2D eigenvalue weighted by atomic mass is 32.2. The fourth-order valence-electron chi connectivity index (χ4n) is 1.73. The van der Waals surface area contributed by atoms with Crippen LogP contribution in [-0.4, -0.2) is 27.9 Å². The number of hydrogen-bond donors (Lipinski definition) is 2. The third-order valence-electron chi connectivity index (χ3n) is 3.34. The van der Waals surface area contributed by atoms with Crippen LogP contribution in [0, 0.1) is 5.92 Å². The Hall–Kier alpha value is -2.15. The van der Waals surface area contributed by atoms with Crippen molar-refractivity contribution in [2.45, 2.75) is 32.4 Å². The second-order valence-electron chi connectivity index (χ2n) is 5.52. The van der Waals surface area contributed by atoms with Gasteiger partial charge in [-0.05, 0) is 25.0 Å². The third-order valence-corrected chi connectivity index (χ3v) is 4.41. The molecule has 0 bridgehead atoms. The average molecular weight is 332 g/mol. The van der Waals surface area contributed by atoms with Gasteiger partial charge in [0.2, 0.25) is 11.8 Å². The number of nitrogens with one attached hydrogen (secondary N) is 2. The molecule has 0 aromatic heterocycles. The summed E-state index contributed by atoms with van der Waals surface area (Å²) in [4.78, 5) is 23.9. The number of rotatable bonds is 5. The largest absolute Gasteiger partial charge is 0.326 e. The summed E-state index contributed by atoms with van der Waals surface area (Å²) in [5.41, 5.74) is 1.60. The Balaban J connectivity index is 1.92. The van der Waals surface area contributed by atoms with E-state index >= 15 is 0 Å². The van der Waals surface area contributed by atoms with E-state index in [1.165, 1.54) is 11.8 Å². The number of amides is 2. The minimum Gasteiger partial charge on any atom is -0.326 e. The maximum atomic E-state index is 12.0. The van der Waals surface area contributed by atoms with Crippen LogP contribution in [-0.2, 0) is 9.59 Å². The van der Waals surface area contributed by atoms with E-state index in [9.17, 15) is 9.59 Å². The monoisotopic (exact) mass is 332 g/mol. The van der Waals surface area contributed by atoms with E-state index < -0.39 is 5.25 Å². The van der Waals surface area contributed by atoms with Crippen molar-refractivity contribution in [2.75, 3.05) is 5.32 Å². The number of para-hydroxylation sites is 1. The van der Waals surface area contributed by atoms with Crippen LogP contribution in [0.15, 0.2) is 40.5 Å². The van der Waals surface area contributed by atoms with Gasteiger partial charge < -0.3 is 10.6 Å². The number of benzene rings is 1. The van der Waals surface area contributed by atoms with E-state index in [4.69, 9.17) is 0 Å². The second-order valence-corrected chi connectivity index (χ2v) is 6.71. The lowest BCUT2D eigenvalue weighted by atomic mass is 10.1. The average Bonchev–Trinajstić information content (AvgIpc) is 2.85. The predicted molar refractivity (Wildman–Crippen MR) is 94.6 cm³/mol. The van der Waals surface area contributed by atoms with Gasteiger partial charge in [-0.25, -0.2) is 0 Å². The molecule has 0 spiro atoms. The molecule has 1 aromatic carbocycles. The smallest absolute Gasteiger partial charge is 0.240 e. The maximum absolute atomic E-state index is 12.0. The van der Waals surface area contributed by atoms with Gasteiger partial charge in [0.05, 0.1) is 0 Å². The molecule has 6 nitrogen and oxygen atoms in total. The molecule has 23 heavy (non-hydrogen) atoms. The first-order valence-electron chi connectivity index (χ1n) is 7.40. The molecule has 1 saturated heterocycles. The van der Waals surface area contributed by atoms with Crippen LogP contribution < -0.4 is 10.6 Å². The quantitative estimate of drug-likeness (QED) is 0.642. The predicted octanol–water partition coefficient (Wildman–Crippen LogP) is 2.63. The number of carbonyl (C=O) groups is 2. The lowest BCUT2D eigenvalue weighted by Gasteiger charge is -2.06. The van der Waals surface area contributed by atoms with Crippen LogP contribution in [0.4, 0.5) is 5.69 Å². The third kappa shape index (κ3) is 5.21. The van der Waals surface area contributed by atoms with E-state index in [1.807, 2.05) is 39.0 Å². The normalized spacial score (nSPS) is 20.0. The van der Waals surface area contributed by atoms with Crippen molar-refractivity contribution in [3.8, 4) is 0 Å². The Kier molecular flexibility index (Phi) is 5.92. The Bertz CT molecular complexity index is 641. The standard InChI is InChI=1S/C16H20N4O2S/c1-10(2)11(3)19-20-16-18-15(22)13(23-16)9-14(21)17-12-7-5-4-6-8-12/h4-8,10,13H,9H2,1-3H3,(H,17,21)(H,18,20,22). The number of amidine groups is 1. The van der Waals surface area contributed by atoms with E-state index in [1.54, 1.807) is 12.1 Å². The van der Waals surface area contributed by atoms with Crippen molar-refractivity contribution in [3.63, 3.8) is 0 Å². The fraction of sp³-hybridized carbons (Fsp3) is 0.375. The van der Waals surface area contributed by atoms with Crippen LogP contribution in [0.2, 0.25) is 0 Å². The van der Waals surface area contributed by atoms with Gasteiger partial charge in [-0.2, -0.15) is 5.10 Å². The zero-order valence-corrected chi connectivity index (χ0v) is 14.2. The van der Waals surface area contributed by atoms with Gasteiger partial charge in [0.1, 0.15) is 5.25 Å². The van der Waals surface area contributed by atoms with E-state index in [0.717, 1.165) is 5.71 Å². The summed E-state index contributed by atoms with van der Waals surface area (Å²) in [6.07, 6.45) is 0.0945. The highest BCUT2D eigenvalue weighted by Gasteiger charge is 2.32. The number of nitrogens with zero attached hydrogens (tertiary/aromatic N) is 2. The molecule has 1 fully saturated rings. The second kappa shape index (κ2) is 7.92. The summed E-state index contributed by atoms with van der Waals surface area (Å²) in [5.74, 6) is -0.116. The van der Waals surface area contributed by atoms with Crippen LogP contribution in [0.3, 0.4) is 0 Å². The van der Waals surface area contributed by atoms with Gasteiger partial charge in [0.15, 0.2) is 5.17 Å². The van der Waals surface area contributed by atoms with Crippen molar-refractivity contribution in [1.29, 1.82) is 0 Å². The molecule has 7 heteroatoms. The van der Waals surface area contributed by atoms with E-state index in [2.05, 4.69) is 20.8 Å². The molecule has 1 aromatic rings. The minimum atomic E-state index is -0.480. The molecule has 2 N–H and O–H groups in total. The van der Waals surface area contributed by atoms with Gasteiger partial charge >= 0.3 is 0 Å². The number of carbonyl (C=O) groups excluding carboxylic acids is 2. The minimum absolute atomic E-state index is 0.0945. The van der Waals surface area contributed by atoms with Crippen molar-refractivity contribution >= 4 is 40.1 Å². The van der Waals surface area contributed by atoms with Gasteiger partial charge in [0, 0.05) is 17.8 Å². The molecule has 1 atom stereocenters. The van der Waals surface area contributed by atoms with Crippen LogP contribution in [0.25, 0.3) is 0 Å². The molecule has 0 radical (unpaired) electrons. The lowest BCUT2D eigenvalue weighted by Crippen LogP contribution is -2.28. The van der Waals surface area contributed by atoms with Gasteiger partial charge in [0.25, 0.3) is 0 Å². The first-order valence-corrected chi connectivity index (χ1v) is 8.28. The molecule has 2 amide bonds. The summed E-state index contributed by atoms with van der Waals surface area (Å²) in [5, 5.41) is 13.5. The molecule has 1 aliphatic heterocycles. The van der Waals surface area contributed by atoms with Gasteiger partial charge in [-0.1, -0.05) is 43.8 Å². The van der Waals surface area contributed by atoms with Crippen LogP contribution in [0.5, 0.6) is 0 Å². The molecular weight excluding hydrogens is 312 g/mol. The molecule has 2 rings (SSSR count). The van der Waals surface area contributed by atoms with Gasteiger partial charge in [-0.15, -0.1) is 5.10 Å². The molecule has 1 aliphatic rings. The van der Waals surface area contributed by atoms with Crippen molar-refractivity contribution in [3.05, 3.63) is 30.3 Å². The summed E-state index contributed by atoms with van der Waals surface area (Å²) < 4.78 is 0. The Morgan fingerprint density at radius 2 is 2.04 bits per heavy atom. The van der Waals surface area contributed by atoms with Crippen LogP contribution >= 0.6 is 11.8 Å². The molecular formula is C16H20N4O2S. The zero-order chi connectivity index (χ0) is 16.8. The molecule has 0 saturated carbocycles. The van der Waals surface area contributed by atoms with E-state index in [0.29, 0.717) is 16.8 Å². The van der Waals surface area contributed by atoms with Crippen molar-refractivity contribution in [2.24, 2.45) is 16.1 Å². The topological polar surface area (TPSA) is 82.9 Å². The molecule has 122 valence electrons.